The van der Waals surface area contributed by atoms with Gasteiger partial charge in [0.1, 0.15) is 11.5 Å². The summed E-state index contributed by atoms with van der Waals surface area (Å²) < 4.78 is 10.8. The third-order valence-corrected chi connectivity index (χ3v) is 4.44. The van der Waals surface area contributed by atoms with Crippen LogP contribution in [0.25, 0.3) is 11.1 Å². The number of methoxy groups -OCH3 is 2. The van der Waals surface area contributed by atoms with Gasteiger partial charge in [-0.05, 0) is 47.9 Å². The maximum atomic E-state index is 5.54. The van der Waals surface area contributed by atoms with Gasteiger partial charge in [-0.1, -0.05) is 48.0 Å². The van der Waals surface area contributed by atoms with Crippen molar-refractivity contribution in [3.63, 3.8) is 0 Å². The molecule has 0 amide bonds. The second-order valence-corrected chi connectivity index (χ2v) is 6.35. The molecule has 0 aliphatic heterocycles. The van der Waals surface area contributed by atoms with E-state index >= 15 is 0 Å². The van der Waals surface area contributed by atoms with Gasteiger partial charge in [-0.15, -0.1) is 0 Å². The van der Waals surface area contributed by atoms with Crippen LogP contribution in [-0.2, 0) is 13.1 Å². The van der Waals surface area contributed by atoms with E-state index in [0.29, 0.717) is 0 Å². The van der Waals surface area contributed by atoms with Crippen LogP contribution >= 0.6 is 0 Å². The minimum Gasteiger partial charge on any atom is -0.497 e. The SMILES string of the molecule is COc1ccc(-c2cc(CNCc3ccc(C)cc3)ccc2OC)cc1. The molecule has 3 rings (SSSR count). The normalized spacial score (nSPS) is 10.6. The molecule has 0 aromatic heterocycles. The van der Waals surface area contributed by atoms with E-state index in [4.69, 9.17) is 9.47 Å². The second-order valence-electron chi connectivity index (χ2n) is 6.35. The van der Waals surface area contributed by atoms with E-state index in [1.165, 1.54) is 16.7 Å². The Bertz CT molecular complexity index is 839. The highest BCUT2D eigenvalue weighted by Crippen LogP contribution is 2.32. The number of hydrogen-bond donors (Lipinski definition) is 1. The van der Waals surface area contributed by atoms with Crippen molar-refractivity contribution >= 4 is 0 Å². The summed E-state index contributed by atoms with van der Waals surface area (Å²) in [5, 5.41) is 3.51. The number of benzene rings is 3. The molecule has 1 N–H and O–H groups in total. The standard InChI is InChI=1S/C23H25NO2/c1-17-4-6-18(7-5-17)15-24-16-19-8-13-23(26-3)22(14-19)20-9-11-21(25-2)12-10-20/h4-14,24H,15-16H2,1-3H3. The molecule has 3 aromatic carbocycles. The number of ether oxygens (including phenoxy) is 2. The van der Waals surface area contributed by atoms with E-state index in [2.05, 4.69) is 60.8 Å². The Morgan fingerprint density at radius 2 is 1.38 bits per heavy atom. The summed E-state index contributed by atoms with van der Waals surface area (Å²) in [6.45, 7) is 3.76. The molecule has 0 saturated carbocycles. The molecule has 0 spiro atoms. The zero-order valence-electron chi connectivity index (χ0n) is 15.6. The lowest BCUT2D eigenvalue weighted by atomic mass is 10.0. The molecule has 3 aromatic rings. The Hall–Kier alpha value is -2.78. The fourth-order valence-electron chi connectivity index (χ4n) is 2.92. The van der Waals surface area contributed by atoms with Crippen LogP contribution in [0.2, 0.25) is 0 Å². The van der Waals surface area contributed by atoms with Crippen LogP contribution < -0.4 is 14.8 Å². The number of rotatable bonds is 7. The van der Waals surface area contributed by atoms with Gasteiger partial charge in [0.2, 0.25) is 0 Å². The van der Waals surface area contributed by atoms with Gasteiger partial charge in [-0.3, -0.25) is 0 Å². The third-order valence-electron chi connectivity index (χ3n) is 4.44. The smallest absolute Gasteiger partial charge is 0.126 e. The summed E-state index contributed by atoms with van der Waals surface area (Å²) in [4.78, 5) is 0. The monoisotopic (exact) mass is 347 g/mol. The average molecular weight is 347 g/mol. The molecule has 0 aliphatic carbocycles. The molecule has 0 fully saturated rings. The van der Waals surface area contributed by atoms with Crippen LogP contribution in [0.1, 0.15) is 16.7 Å². The summed E-state index contributed by atoms with van der Waals surface area (Å²) in [5.41, 5.74) is 6.00. The van der Waals surface area contributed by atoms with Crippen LogP contribution in [0, 0.1) is 6.92 Å². The fourth-order valence-corrected chi connectivity index (χ4v) is 2.92. The zero-order chi connectivity index (χ0) is 18.4. The maximum absolute atomic E-state index is 5.54. The van der Waals surface area contributed by atoms with Gasteiger partial charge in [0, 0.05) is 18.7 Å². The number of hydrogen-bond acceptors (Lipinski definition) is 3. The largest absolute Gasteiger partial charge is 0.497 e. The van der Waals surface area contributed by atoms with Crippen LogP contribution in [0.15, 0.2) is 66.7 Å². The lowest BCUT2D eigenvalue weighted by Crippen LogP contribution is -2.12. The van der Waals surface area contributed by atoms with Gasteiger partial charge in [0.15, 0.2) is 0 Å². The molecule has 0 heterocycles. The summed E-state index contributed by atoms with van der Waals surface area (Å²) in [6.07, 6.45) is 0. The van der Waals surface area contributed by atoms with Crippen molar-refractivity contribution < 1.29 is 9.47 Å². The molecule has 0 radical (unpaired) electrons. The van der Waals surface area contributed by atoms with E-state index < -0.39 is 0 Å². The van der Waals surface area contributed by atoms with Gasteiger partial charge in [0.05, 0.1) is 14.2 Å². The van der Waals surface area contributed by atoms with Crippen molar-refractivity contribution in [1.29, 1.82) is 0 Å². The highest BCUT2D eigenvalue weighted by molar-refractivity contribution is 5.71. The van der Waals surface area contributed by atoms with Crippen LogP contribution in [0.4, 0.5) is 0 Å². The molecule has 0 atom stereocenters. The zero-order valence-corrected chi connectivity index (χ0v) is 15.6. The first-order valence-corrected chi connectivity index (χ1v) is 8.77. The summed E-state index contributed by atoms with van der Waals surface area (Å²) >= 11 is 0. The minimum absolute atomic E-state index is 0.807. The molecule has 0 aliphatic rings. The first kappa shape index (κ1) is 18.0. The summed E-state index contributed by atoms with van der Waals surface area (Å²) in [6, 6.07) is 23.0. The minimum atomic E-state index is 0.807. The van der Waals surface area contributed by atoms with E-state index in [9.17, 15) is 0 Å². The van der Waals surface area contributed by atoms with E-state index in [1.807, 2.05) is 18.2 Å². The lowest BCUT2D eigenvalue weighted by Gasteiger charge is -2.12. The average Bonchev–Trinajstić information content (AvgIpc) is 2.69. The fraction of sp³-hybridized carbons (Fsp3) is 0.217. The van der Waals surface area contributed by atoms with Gasteiger partial charge in [-0.2, -0.15) is 0 Å². The van der Waals surface area contributed by atoms with Crippen molar-refractivity contribution in [3.8, 4) is 22.6 Å². The molecule has 3 heteroatoms. The van der Waals surface area contributed by atoms with E-state index in [1.54, 1.807) is 14.2 Å². The molecule has 0 bridgehead atoms. The topological polar surface area (TPSA) is 30.5 Å². The van der Waals surface area contributed by atoms with Crippen LogP contribution in [-0.4, -0.2) is 14.2 Å². The first-order chi connectivity index (χ1) is 12.7. The molecule has 0 saturated heterocycles. The van der Waals surface area contributed by atoms with Gasteiger partial charge in [0.25, 0.3) is 0 Å². The van der Waals surface area contributed by atoms with Crippen molar-refractivity contribution in [1.82, 2.24) is 5.32 Å². The van der Waals surface area contributed by atoms with Gasteiger partial charge < -0.3 is 14.8 Å². The molecular weight excluding hydrogens is 322 g/mol. The van der Waals surface area contributed by atoms with Crippen LogP contribution in [0.3, 0.4) is 0 Å². The molecule has 26 heavy (non-hydrogen) atoms. The first-order valence-electron chi connectivity index (χ1n) is 8.77. The molecule has 134 valence electrons. The maximum Gasteiger partial charge on any atom is 0.126 e. The Kier molecular flexibility index (Phi) is 5.92. The Balaban J connectivity index is 1.72. The Labute approximate surface area is 155 Å². The second kappa shape index (κ2) is 8.54. The predicted octanol–water partition coefficient (Wildman–Crippen LogP) is 4.97. The highest BCUT2D eigenvalue weighted by Gasteiger charge is 2.08. The third kappa shape index (κ3) is 4.44. The highest BCUT2D eigenvalue weighted by atomic mass is 16.5. The van der Waals surface area contributed by atoms with Crippen LogP contribution in [0.5, 0.6) is 11.5 Å². The molecule has 3 nitrogen and oxygen atoms in total. The van der Waals surface area contributed by atoms with E-state index in [0.717, 1.165) is 35.7 Å². The number of aryl methyl sites for hydroxylation is 1. The quantitative estimate of drug-likeness (QED) is 0.654. The van der Waals surface area contributed by atoms with Crippen molar-refractivity contribution in [2.24, 2.45) is 0 Å². The number of nitrogens with one attached hydrogen (secondary N) is 1. The Morgan fingerprint density at radius 3 is 2.04 bits per heavy atom. The van der Waals surface area contributed by atoms with Crippen molar-refractivity contribution in [2.45, 2.75) is 20.0 Å². The van der Waals surface area contributed by atoms with Crippen molar-refractivity contribution in [3.05, 3.63) is 83.4 Å². The summed E-state index contributed by atoms with van der Waals surface area (Å²) in [5.74, 6) is 1.72. The van der Waals surface area contributed by atoms with Crippen molar-refractivity contribution in [2.75, 3.05) is 14.2 Å². The summed E-state index contributed by atoms with van der Waals surface area (Å²) in [7, 11) is 3.38. The predicted molar refractivity (Wildman–Crippen MR) is 107 cm³/mol. The van der Waals surface area contributed by atoms with E-state index in [-0.39, 0.29) is 0 Å². The lowest BCUT2D eigenvalue weighted by molar-refractivity contribution is 0.414. The van der Waals surface area contributed by atoms with Gasteiger partial charge in [-0.25, -0.2) is 0 Å². The molecule has 0 unspecified atom stereocenters. The van der Waals surface area contributed by atoms with Gasteiger partial charge >= 0.3 is 0 Å². The Morgan fingerprint density at radius 1 is 0.731 bits per heavy atom. The molecular formula is C23H25NO2.